The van der Waals surface area contributed by atoms with Crippen LogP contribution in [0, 0.1) is 23.7 Å². The second kappa shape index (κ2) is 11.2. The van der Waals surface area contributed by atoms with Crippen LogP contribution < -0.4 is 0 Å². The molecule has 5 rings (SSSR count). The second-order valence-corrected chi connectivity index (χ2v) is 11.8. The Balaban J connectivity index is 1.89. The number of carbonyl (C=O) groups is 2. The molecule has 1 aliphatic carbocycles. The monoisotopic (exact) mass is 584 g/mol. The highest BCUT2D eigenvalue weighted by atomic mass is 16.5. The van der Waals surface area contributed by atoms with Crippen LogP contribution >= 0.6 is 0 Å². The van der Waals surface area contributed by atoms with Gasteiger partial charge in [0, 0.05) is 11.1 Å². The van der Waals surface area contributed by atoms with Gasteiger partial charge in [0.05, 0.1) is 23.7 Å². The van der Waals surface area contributed by atoms with Gasteiger partial charge in [-0.25, -0.2) is 9.59 Å². The number of methoxy groups -OCH3 is 1. The molecule has 0 saturated carbocycles. The van der Waals surface area contributed by atoms with Gasteiger partial charge in [-0.3, -0.25) is 0 Å². The van der Waals surface area contributed by atoms with E-state index in [1.54, 1.807) is 64.1 Å². The van der Waals surface area contributed by atoms with Gasteiger partial charge in [0.15, 0.2) is 0 Å². The number of esters is 1. The molecule has 0 radical (unpaired) electrons. The van der Waals surface area contributed by atoms with Crippen molar-refractivity contribution in [1.29, 1.82) is 0 Å². The van der Waals surface area contributed by atoms with Gasteiger partial charge in [-0.1, -0.05) is 60.1 Å². The van der Waals surface area contributed by atoms with E-state index in [2.05, 4.69) is 23.7 Å². The number of carbonyl (C=O) groups excluding carboxylic acids is 1. The van der Waals surface area contributed by atoms with Gasteiger partial charge in [-0.15, -0.1) is 0 Å². The van der Waals surface area contributed by atoms with Crippen molar-refractivity contribution >= 4 is 11.9 Å². The zero-order valence-corrected chi connectivity index (χ0v) is 25.1. The van der Waals surface area contributed by atoms with Gasteiger partial charge < -0.3 is 20.1 Å². The van der Waals surface area contributed by atoms with Crippen LogP contribution in [0.2, 0.25) is 0 Å². The van der Waals surface area contributed by atoms with Crippen LogP contribution in [0.25, 0.3) is 11.1 Å². The third-order valence-corrected chi connectivity index (χ3v) is 7.47. The van der Waals surface area contributed by atoms with Crippen molar-refractivity contribution in [3.8, 4) is 34.8 Å². The summed E-state index contributed by atoms with van der Waals surface area (Å²) in [6.45, 7) is 6.49. The van der Waals surface area contributed by atoms with E-state index in [4.69, 9.17) is 4.74 Å². The summed E-state index contributed by atoms with van der Waals surface area (Å²) < 4.78 is 4.93. The van der Waals surface area contributed by atoms with E-state index >= 15 is 0 Å². The number of hydrogen-bond acceptors (Lipinski definition) is 5. The van der Waals surface area contributed by atoms with E-state index in [1.807, 2.05) is 48.5 Å². The summed E-state index contributed by atoms with van der Waals surface area (Å²) >= 11 is 0. The second-order valence-electron chi connectivity index (χ2n) is 11.8. The van der Waals surface area contributed by atoms with E-state index in [-0.39, 0.29) is 5.56 Å². The Morgan fingerprint density at radius 3 is 1.43 bits per heavy atom. The minimum atomic E-state index is -1.19. The number of aromatic carboxylic acids is 1. The molecule has 1 aliphatic rings. The average Bonchev–Trinajstić information content (AvgIpc) is 3.27. The number of ether oxygens (including phenoxy) is 1. The van der Waals surface area contributed by atoms with E-state index in [9.17, 15) is 24.9 Å². The molecule has 0 saturated heterocycles. The van der Waals surface area contributed by atoms with Crippen molar-refractivity contribution in [1.82, 2.24) is 0 Å². The van der Waals surface area contributed by atoms with Crippen LogP contribution in [-0.2, 0) is 10.2 Å². The van der Waals surface area contributed by atoms with Gasteiger partial charge >= 0.3 is 11.9 Å². The normalized spacial score (nSPS) is 13.0. The molecule has 0 atom stereocenters. The number of carboxylic acid groups (broad SMARTS) is 1. The maximum atomic E-state index is 12.3. The molecule has 3 N–H and O–H groups in total. The number of benzene rings is 4. The molecule has 0 spiro atoms. The third kappa shape index (κ3) is 5.74. The van der Waals surface area contributed by atoms with Gasteiger partial charge in [0.1, 0.15) is 11.2 Å². The highest BCUT2D eigenvalue weighted by molar-refractivity contribution is 5.91. The molecule has 0 heterocycles. The molecule has 6 heteroatoms. The Kier molecular flexibility index (Phi) is 7.70. The molecule has 0 aromatic heterocycles. The molecular weight excluding hydrogens is 552 g/mol. The summed E-state index contributed by atoms with van der Waals surface area (Å²) in [4.78, 5) is 24.1. The lowest BCUT2D eigenvalue weighted by Gasteiger charge is -2.34. The smallest absolute Gasteiger partial charge is 0.337 e. The molecule has 6 nitrogen and oxygen atoms in total. The molecule has 0 fully saturated rings. The number of aliphatic hydroxyl groups is 2. The third-order valence-electron chi connectivity index (χ3n) is 7.47. The van der Waals surface area contributed by atoms with Gasteiger partial charge in [-0.2, -0.15) is 0 Å². The SMILES string of the molecule is COC(=O)c1ccc(C2(c3ccc(C(=O)O)cc3)c3cc(C#CC(C)(C)O)ccc3-c3ccc(C#CC(C)(C)O)cc32)cc1. The minimum Gasteiger partial charge on any atom is -0.478 e. The zero-order chi connectivity index (χ0) is 31.9. The van der Waals surface area contributed by atoms with Crippen LogP contribution in [0.5, 0.6) is 0 Å². The summed E-state index contributed by atoms with van der Waals surface area (Å²) in [7, 11) is 1.33. The predicted molar refractivity (Wildman–Crippen MR) is 168 cm³/mol. The van der Waals surface area contributed by atoms with Crippen molar-refractivity contribution in [3.63, 3.8) is 0 Å². The molecule has 0 unspecified atom stereocenters. The summed E-state index contributed by atoms with van der Waals surface area (Å²) in [5.74, 6) is 10.5. The molecule has 44 heavy (non-hydrogen) atoms. The summed E-state index contributed by atoms with van der Waals surface area (Å²) in [6, 6.07) is 25.8. The number of hydrogen-bond donors (Lipinski definition) is 3. The summed E-state index contributed by atoms with van der Waals surface area (Å²) in [5.41, 5.74) is 3.91. The molecule has 0 amide bonds. The van der Waals surface area contributed by atoms with Gasteiger partial charge in [0.2, 0.25) is 0 Å². The maximum Gasteiger partial charge on any atom is 0.337 e. The van der Waals surface area contributed by atoms with Crippen molar-refractivity contribution in [2.24, 2.45) is 0 Å². The average molecular weight is 585 g/mol. The first-order chi connectivity index (χ1) is 20.7. The van der Waals surface area contributed by atoms with E-state index in [0.29, 0.717) is 16.7 Å². The van der Waals surface area contributed by atoms with Crippen molar-refractivity contribution < 1.29 is 29.6 Å². The van der Waals surface area contributed by atoms with Crippen LogP contribution in [0.4, 0.5) is 0 Å². The fraction of sp³-hybridized carbons (Fsp3) is 0.211. The van der Waals surface area contributed by atoms with Crippen molar-refractivity contribution in [3.05, 3.63) is 129 Å². The van der Waals surface area contributed by atoms with Crippen LogP contribution in [0.1, 0.15) is 81.8 Å². The Morgan fingerprint density at radius 2 is 1.07 bits per heavy atom. The van der Waals surface area contributed by atoms with Crippen LogP contribution in [0.15, 0.2) is 84.9 Å². The Bertz CT molecular complexity index is 1810. The fourth-order valence-electron chi connectivity index (χ4n) is 5.56. The topological polar surface area (TPSA) is 104 Å². The lowest BCUT2D eigenvalue weighted by atomic mass is 9.67. The maximum absolute atomic E-state index is 12.3. The number of rotatable bonds is 4. The Labute approximate surface area is 257 Å². The highest BCUT2D eigenvalue weighted by Gasteiger charge is 2.46. The standard InChI is InChI=1S/C38H32O6/c1-36(2,42)20-18-24-6-16-30-31-17-7-25(19-21-37(3,4)43)23-33(31)38(32(30)22-24,28-12-8-26(9-13-28)34(39)40)29-14-10-27(11-15-29)35(41)44-5/h6-17,22-23,42-43H,1-5H3,(H,39,40). The molecular formula is C38H32O6. The quantitative estimate of drug-likeness (QED) is 0.183. The summed E-state index contributed by atoms with van der Waals surface area (Å²) in [5, 5.41) is 30.2. The van der Waals surface area contributed by atoms with Crippen LogP contribution in [0.3, 0.4) is 0 Å². The van der Waals surface area contributed by atoms with Gasteiger partial charge in [0.25, 0.3) is 0 Å². The lowest BCUT2D eigenvalue weighted by molar-refractivity contribution is 0.0599. The minimum absolute atomic E-state index is 0.151. The Hall–Kier alpha value is -5.14. The molecule has 220 valence electrons. The number of fused-ring (bicyclic) bond motifs is 3. The largest absolute Gasteiger partial charge is 0.478 e. The fourth-order valence-corrected chi connectivity index (χ4v) is 5.56. The molecule has 4 aromatic rings. The van der Waals surface area contributed by atoms with Crippen LogP contribution in [-0.4, -0.2) is 45.6 Å². The van der Waals surface area contributed by atoms with E-state index in [0.717, 1.165) is 33.4 Å². The van der Waals surface area contributed by atoms with E-state index < -0.39 is 28.6 Å². The summed E-state index contributed by atoms with van der Waals surface area (Å²) in [6.07, 6.45) is 0. The molecule has 4 aromatic carbocycles. The lowest BCUT2D eigenvalue weighted by Crippen LogP contribution is -2.29. The highest BCUT2D eigenvalue weighted by Crippen LogP contribution is 2.56. The van der Waals surface area contributed by atoms with Crippen molar-refractivity contribution in [2.45, 2.75) is 44.3 Å². The number of carboxylic acids is 1. The first kappa shape index (κ1) is 30.3. The molecule has 0 aliphatic heterocycles. The zero-order valence-electron chi connectivity index (χ0n) is 25.1. The van der Waals surface area contributed by atoms with Gasteiger partial charge in [-0.05, 0) is 110 Å². The molecule has 0 bridgehead atoms. The first-order valence-corrected chi connectivity index (χ1v) is 14.1. The first-order valence-electron chi connectivity index (χ1n) is 14.1. The van der Waals surface area contributed by atoms with Crippen molar-refractivity contribution in [2.75, 3.05) is 7.11 Å². The predicted octanol–water partition coefficient (Wildman–Crippen LogP) is 5.78. The Morgan fingerprint density at radius 1 is 0.659 bits per heavy atom. The van der Waals surface area contributed by atoms with E-state index in [1.165, 1.54) is 7.11 Å².